The van der Waals surface area contributed by atoms with Crippen molar-refractivity contribution >= 4 is 17.5 Å². The molecule has 0 spiro atoms. The maximum atomic E-state index is 12.5. The zero-order chi connectivity index (χ0) is 20.8. The largest absolute Gasteiger partial charge is 0.493 e. The first-order chi connectivity index (χ1) is 13.9. The quantitative estimate of drug-likeness (QED) is 0.718. The van der Waals surface area contributed by atoms with Crippen LogP contribution >= 0.6 is 11.6 Å². The predicted octanol–water partition coefficient (Wildman–Crippen LogP) is 4.34. The molecule has 1 N–H and O–H groups in total. The van der Waals surface area contributed by atoms with E-state index in [2.05, 4.69) is 15.0 Å². The molecule has 2 aromatic rings. The van der Waals surface area contributed by atoms with Crippen LogP contribution in [-0.4, -0.2) is 43.7 Å². The highest BCUT2D eigenvalue weighted by molar-refractivity contribution is 6.30. The molecule has 0 bridgehead atoms. The molecule has 1 heterocycles. The number of halogens is 3. The number of hydrogen-bond donors (Lipinski definition) is 1. The Morgan fingerprint density at radius 3 is 2.48 bits per heavy atom. The van der Waals surface area contributed by atoms with Gasteiger partial charge in [0.25, 0.3) is 5.91 Å². The molecule has 29 heavy (non-hydrogen) atoms. The van der Waals surface area contributed by atoms with Crippen molar-refractivity contribution in [2.75, 3.05) is 20.2 Å². The summed E-state index contributed by atoms with van der Waals surface area (Å²) in [6, 6.07) is 12.0. The van der Waals surface area contributed by atoms with Gasteiger partial charge in [-0.05, 0) is 48.7 Å². The molecule has 3 rings (SSSR count). The van der Waals surface area contributed by atoms with Crippen LogP contribution in [0.3, 0.4) is 0 Å². The second kappa shape index (κ2) is 9.89. The molecule has 1 aliphatic heterocycles. The first-order valence-corrected chi connectivity index (χ1v) is 9.73. The highest BCUT2D eigenvalue weighted by atomic mass is 35.5. The van der Waals surface area contributed by atoms with Gasteiger partial charge in [0.1, 0.15) is 0 Å². The summed E-state index contributed by atoms with van der Waals surface area (Å²) < 4.78 is 34.3. The number of carbonyl (C=O) groups is 1. The van der Waals surface area contributed by atoms with Gasteiger partial charge in [-0.1, -0.05) is 23.7 Å². The highest BCUT2D eigenvalue weighted by Gasteiger charge is 2.22. The molecule has 0 aliphatic carbocycles. The lowest BCUT2D eigenvalue weighted by atomic mass is 10.0. The van der Waals surface area contributed by atoms with Crippen molar-refractivity contribution < 1.29 is 23.0 Å². The molecule has 0 unspecified atom stereocenters. The van der Waals surface area contributed by atoms with Crippen molar-refractivity contribution in [1.29, 1.82) is 0 Å². The Hall–Kier alpha value is -2.38. The number of nitrogens with one attached hydrogen (secondary N) is 1. The SMILES string of the molecule is COc1cc(C(=O)NC2CCN(Cc3ccc(Cl)cc3)CC2)ccc1OC(F)F. The molecule has 1 saturated heterocycles. The summed E-state index contributed by atoms with van der Waals surface area (Å²) >= 11 is 5.92. The number of likely N-dealkylation sites (tertiary alicyclic amines) is 1. The van der Waals surface area contributed by atoms with E-state index in [9.17, 15) is 13.6 Å². The van der Waals surface area contributed by atoms with Crippen LogP contribution in [0.1, 0.15) is 28.8 Å². The van der Waals surface area contributed by atoms with E-state index in [4.69, 9.17) is 16.3 Å². The maximum absolute atomic E-state index is 12.5. The van der Waals surface area contributed by atoms with E-state index in [0.717, 1.165) is 37.5 Å². The Labute approximate surface area is 173 Å². The molecule has 0 atom stereocenters. The minimum Gasteiger partial charge on any atom is -0.493 e. The lowest BCUT2D eigenvalue weighted by Crippen LogP contribution is -2.44. The van der Waals surface area contributed by atoms with Crippen LogP contribution < -0.4 is 14.8 Å². The fourth-order valence-corrected chi connectivity index (χ4v) is 3.48. The zero-order valence-corrected chi connectivity index (χ0v) is 16.8. The predicted molar refractivity (Wildman–Crippen MR) is 107 cm³/mol. The Morgan fingerprint density at radius 1 is 1.17 bits per heavy atom. The smallest absolute Gasteiger partial charge is 0.387 e. The number of ether oxygens (including phenoxy) is 2. The summed E-state index contributed by atoms with van der Waals surface area (Å²) in [5.74, 6) is -0.270. The average molecular weight is 425 g/mol. The van der Waals surface area contributed by atoms with E-state index in [1.54, 1.807) is 0 Å². The van der Waals surface area contributed by atoms with Crippen LogP contribution in [0.4, 0.5) is 8.78 Å². The maximum Gasteiger partial charge on any atom is 0.387 e. The summed E-state index contributed by atoms with van der Waals surface area (Å²) in [5.41, 5.74) is 1.54. The van der Waals surface area contributed by atoms with Crippen molar-refractivity contribution in [3.05, 3.63) is 58.6 Å². The standard InChI is InChI=1S/C21H23ClF2N2O3/c1-28-19-12-15(4-7-18(19)29-21(23)24)20(27)25-17-8-10-26(11-9-17)13-14-2-5-16(22)6-3-14/h2-7,12,17,21H,8-11,13H2,1H3,(H,25,27). The highest BCUT2D eigenvalue weighted by Crippen LogP contribution is 2.29. The first kappa shape index (κ1) is 21.3. The minimum absolute atomic E-state index is 0.0620. The third-order valence-corrected chi connectivity index (χ3v) is 5.14. The Bertz CT molecular complexity index is 825. The zero-order valence-electron chi connectivity index (χ0n) is 16.0. The number of piperidine rings is 1. The third kappa shape index (κ3) is 6.05. The summed E-state index contributed by atoms with van der Waals surface area (Å²) in [5, 5.41) is 3.73. The van der Waals surface area contributed by atoms with Crippen molar-refractivity contribution in [3.63, 3.8) is 0 Å². The van der Waals surface area contributed by atoms with Gasteiger partial charge in [0.05, 0.1) is 7.11 Å². The minimum atomic E-state index is -2.96. The van der Waals surface area contributed by atoms with E-state index in [-0.39, 0.29) is 23.4 Å². The van der Waals surface area contributed by atoms with E-state index in [1.807, 2.05) is 24.3 Å². The van der Waals surface area contributed by atoms with Gasteiger partial charge in [-0.25, -0.2) is 0 Å². The van der Waals surface area contributed by atoms with Gasteiger partial charge in [0.15, 0.2) is 11.5 Å². The van der Waals surface area contributed by atoms with Crippen molar-refractivity contribution in [1.82, 2.24) is 10.2 Å². The fraction of sp³-hybridized carbons (Fsp3) is 0.381. The van der Waals surface area contributed by atoms with E-state index in [1.165, 1.54) is 30.9 Å². The van der Waals surface area contributed by atoms with Gasteiger partial charge in [-0.3, -0.25) is 9.69 Å². The number of rotatable bonds is 7. The fourth-order valence-electron chi connectivity index (χ4n) is 3.35. The van der Waals surface area contributed by atoms with Gasteiger partial charge in [-0.2, -0.15) is 8.78 Å². The number of benzene rings is 2. The molecular formula is C21H23ClF2N2O3. The average Bonchev–Trinajstić information content (AvgIpc) is 2.71. The Kier molecular flexibility index (Phi) is 7.28. The second-order valence-corrected chi connectivity index (χ2v) is 7.33. The molecule has 1 fully saturated rings. The van der Waals surface area contributed by atoms with Crippen molar-refractivity contribution in [2.24, 2.45) is 0 Å². The Balaban J connectivity index is 1.52. The normalized spacial score (nSPS) is 15.3. The summed E-state index contributed by atoms with van der Waals surface area (Å²) in [7, 11) is 1.34. The number of nitrogens with zero attached hydrogens (tertiary/aromatic N) is 1. The topological polar surface area (TPSA) is 50.8 Å². The van der Waals surface area contributed by atoms with Crippen LogP contribution in [0.5, 0.6) is 11.5 Å². The Morgan fingerprint density at radius 2 is 1.86 bits per heavy atom. The monoisotopic (exact) mass is 424 g/mol. The van der Waals surface area contributed by atoms with Crippen LogP contribution in [0.15, 0.2) is 42.5 Å². The van der Waals surface area contributed by atoms with Crippen LogP contribution in [-0.2, 0) is 6.54 Å². The number of methoxy groups -OCH3 is 1. The van der Waals surface area contributed by atoms with Gasteiger partial charge in [0, 0.05) is 36.3 Å². The van der Waals surface area contributed by atoms with Crippen molar-refractivity contribution in [2.45, 2.75) is 32.0 Å². The van der Waals surface area contributed by atoms with Gasteiger partial charge >= 0.3 is 6.61 Å². The molecule has 0 radical (unpaired) electrons. The number of hydrogen-bond acceptors (Lipinski definition) is 4. The van der Waals surface area contributed by atoms with Gasteiger partial charge in [0.2, 0.25) is 0 Å². The molecule has 2 aromatic carbocycles. The lowest BCUT2D eigenvalue weighted by molar-refractivity contribution is -0.0512. The molecule has 0 saturated carbocycles. The molecule has 156 valence electrons. The molecular weight excluding hydrogens is 402 g/mol. The summed E-state index contributed by atoms with van der Waals surface area (Å²) in [6.45, 7) is -0.363. The van der Waals surface area contributed by atoms with E-state index in [0.29, 0.717) is 5.56 Å². The number of amides is 1. The lowest BCUT2D eigenvalue weighted by Gasteiger charge is -2.32. The molecule has 8 heteroatoms. The van der Waals surface area contributed by atoms with Crippen molar-refractivity contribution in [3.8, 4) is 11.5 Å². The van der Waals surface area contributed by atoms with Crippen LogP contribution in [0.25, 0.3) is 0 Å². The molecule has 1 aliphatic rings. The van der Waals surface area contributed by atoms with E-state index >= 15 is 0 Å². The molecule has 0 aromatic heterocycles. The number of carbonyl (C=O) groups excluding carboxylic acids is 1. The first-order valence-electron chi connectivity index (χ1n) is 9.35. The summed E-state index contributed by atoms with van der Waals surface area (Å²) in [4.78, 5) is 14.9. The number of alkyl halides is 2. The van der Waals surface area contributed by atoms with Gasteiger partial charge < -0.3 is 14.8 Å². The van der Waals surface area contributed by atoms with Crippen LogP contribution in [0, 0.1) is 0 Å². The van der Waals surface area contributed by atoms with Gasteiger partial charge in [-0.15, -0.1) is 0 Å². The molecule has 5 nitrogen and oxygen atoms in total. The second-order valence-electron chi connectivity index (χ2n) is 6.89. The van der Waals surface area contributed by atoms with Crippen LogP contribution in [0.2, 0.25) is 5.02 Å². The molecule has 1 amide bonds. The summed E-state index contributed by atoms with van der Waals surface area (Å²) in [6.07, 6.45) is 1.67. The van der Waals surface area contributed by atoms with E-state index < -0.39 is 6.61 Å². The third-order valence-electron chi connectivity index (χ3n) is 4.88.